The third-order valence-corrected chi connectivity index (χ3v) is 5.59. The van der Waals surface area contributed by atoms with E-state index >= 15 is 0 Å². The van der Waals surface area contributed by atoms with Crippen molar-refractivity contribution in [1.82, 2.24) is 0 Å². The number of anilines is 1. The van der Waals surface area contributed by atoms with Crippen LogP contribution < -0.4 is 10.1 Å². The summed E-state index contributed by atoms with van der Waals surface area (Å²) in [4.78, 5) is 13.3. The summed E-state index contributed by atoms with van der Waals surface area (Å²) in [6, 6.07) is 14.2. The molecule has 0 aliphatic rings. The fourth-order valence-corrected chi connectivity index (χ4v) is 3.37. The molecule has 1 unspecified atom stereocenters. The molecule has 2 aromatic rings. The smallest absolute Gasteiger partial charge is 0.237 e. The van der Waals surface area contributed by atoms with Crippen LogP contribution in [0.3, 0.4) is 0 Å². The Balaban J connectivity index is 1.91. The zero-order chi connectivity index (χ0) is 19.2. The van der Waals surface area contributed by atoms with Gasteiger partial charge in [-0.1, -0.05) is 17.7 Å². The van der Waals surface area contributed by atoms with Crippen molar-refractivity contribution in [1.29, 1.82) is 0 Å². The van der Waals surface area contributed by atoms with Gasteiger partial charge in [0.15, 0.2) is 9.84 Å². The van der Waals surface area contributed by atoms with Crippen molar-refractivity contribution in [2.24, 2.45) is 0 Å². The normalized spacial score (nSPS) is 12.4. The predicted octanol–water partition coefficient (Wildman–Crippen LogP) is 3.88. The number of halogens is 1. The molecule has 8 heteroatoms. The molecule has 0 aromatic heterocycles. The first-order valence-electron chi connectivity index (χ1n) is 7.86. The van der Waals surface area contributed by atoms with Gasteiger partial charge in [0.05, 0.1) is 11.0 Å². The molecule has 0 aliphatic heterocycles. The first-order valence-corrected chi connectivity index (χ1v) is 11.2. The molecule has 0 saturated heterocycles. The highest BCUT2D eigenvalue weighted by atomic mass is 35.5. The van der Waals surface area contributed by atoms with Gasteiger partial charge in [0.1, 0.15) is 12.4 Å². The van der Waals surface area contributed by atoms with E-state index in [0.29, 0.717) is 16.5 Å². The molecular weight excluding hydrogens is 394 g/mol. The lowest BCUT2D eigenvalue weighted by Crippen LogP contribution is -2.22. The van der Waals surface area contributed by atoms with E-state index in [1.165, 1.54) is 11.8 Å². The highest BCUT2D eigenvalue weighted by molar-refractivity contribution is 8.00. The van der Waals surface area contributed by atoms with Crippen LogP contribution in [0.15, 0.2) is 53.4 Å². The monoisotopic (exact) mass is 413 g/mol. The highest BCUT2D eigenvalue weighted by Crippen LogP contribution is 2.26. The number of thioether (sulfide) groups is 1. The molecule has 0 aliphatic carbocycles. The van der Waals surface area contributed by atoms with Crippen LogP contribution in [0.4, 0.5) is 5.69 Å². The van der Waals surface area contributed by atoms with Crippen LogP contribution in [0.5, 0.6) is 5.75 Å². The SMILES string of the molecule is CC(Sc1ccc(Cl)cc1)C(=O)Nc1cccc(OCCS(C)(=O)=O)c1. The fraction of sp³-hybridized carbons (Fsp3) is 0.278. The lowest BCUT2D eigenvalue weighted by Gasteiger charge is -2.13. The topological polar surface area (TPSA) is 72.5 Å². The van der Waals surface area contributed by atoms with Crippen LogP contribution in [0.1, 0.15) is 6.92 Å². The second-order valence-corrected chi connectivity index (χ2v) is 9.82. The van der Waals surface area contributed by atoms with E-state index in [0.717, 1.165) is 11.2 Å². The molecule has 1 N–H and O–H groups in total. The van der Waals surface area contributed by atoms with Gasteiger partial charge in [-0.15, -0.1) is 11.8 Å². The van der Waals surface area contributed by atoms with Crippen molar-refractivity contribution in [3.63, 3.8) is 0 Å². The van der Waals surface area contributed by atoms with E-state index in [4.69, 9.17) is 16.3 Å². The van der Waals surface area contributed by atoms with Gasteiger partial charge in [0, 0.05) is 27.9 Å². The second kappa shape index (κ2) is 9.30. The number of sulfone groups is 1. The summed E-state index contributed by atoms with van der Waals surface area (Å²) in [5.74, 6) is 0.306. The van der Waals surface area contributed by atoms with Crippen molar-refractivity contribution in [3.05, 3.63) is 53.6 Å². The minimum Gasteiger partial charge on any atom is -0.492 e. The summed E-state index contributed by atoms with van der Waals surface area (Å²) in [7, 11) is -3.07. The Labute approximate surface area is 163 Å². The van der Waals surface area contributed by atoms with Crippen LogP contribution >= 0.6 is 23.4 Å². The molecule has 2 aromatic carbocycles. The summed E-state index contributed by atoms with van der Waals surface area (Å²) < 4.78 is 27.7. The molecule has 0 fully saturated rings. The van der Waals surface area contributed by atoms with Gasteiger partial charge < -0.3 is 10.1 Å². The molecule has 0 bridgehead atoms. The minimum atomic E-state index is -3.07. The molecule has 26 heavy (non-hydrogen) atoms. The summed E-state index contributed by atoms with van der Waals surface area (Å²) in [5, 5.41) is 3.19. The van der Waals surface area contributed by atoms with Crippen molar-refractivity contribution in [3.8, 4) is 5.75 Å². The minimum absolute atomic E-state index is 0.0572. The number of hydrogen-bond acceptors (Lipinski definition) is 5. The Morgan fingerprint density at radius 1 is 1.23 bits per heavy atom. The third kappa shape index (κ3) is 7.27. The molecule has 0 radical (unpaired) electrons. The second-order valence-electron chi connectivity index (χ2n) is 5.71. The summed E-state index contributed by atoms with van der Waals surface area (Å²) in [5.41, 5.74) is 0.593. The lowest BCUT2D eigenvalue weighted by molar-refractivity contribution is -0.115. The summed E-state index contributed by atoms with van der Waals surface area (Å²) in [6.45, 7) is 1.89. The molecule has 0 spiro atoms. The Morgan fingerprint density at radius 3 is 2.58 bits per heavy atom. The Bertz CT molecular complexity index is 854. The number of hydrogen-bond donors (Lipinski definition) is 1. The number of carbonyl (C=O) groups excluding carboxylic acids is 1. The van der Waals surface area contributed by atoms with Crippen molar-refractivity contribution >= 4 is 44.8 Å². The van der Waals surface area contributed by atoms with E-state index in [1.807, 2.05) is 19.1 Å². The fourth-order valence-electron chi connectivity index (χ4n) is 1.99. The van der Waals surface area contributed by atoms with Gasteiger partial charge in [-0.3, -0.25) is 4.79 Å². The molecule has 0 heterocycles. The van der Waals surface area contributed by atoms with Gasteiger partial charge in [-0.25, -0.2) is 8.42 Å². The molecule has 1 atom stereocenters. The number of ether oxygens (including phenoxy) is 1. The van der Waals surface area contributed by atoms with E-state index in [9.17, 15) is 13.2 Å². The first kappa shape index (κ1) is 20.6. The van der Waals surface area contributed by atoms with Crippen molar-refractivity contribution in [2.75, 3.05) is 23.9 Å². The van der Waals surface area contributed by atoms with Crippen LogP contribution in [0.25, 0.3) is 0 Å². The number of nitrogens with one attached hydrogen (secondary N) is 1. The predicted molar refractivity (Wildman–Crippen MR) is 107 cm³/mol. The number of amides is 1. The summed E-state index contributed by atoms with van der Waals surface area (Å²) in [6.07, 6.45) is 1.16. The Hall–Kier alpha value is -1.70. The number of rotatable bonds is 8. The van der Waals surface area contributed by atoms with Crippen LogP contribution in [0.2, 0.25) is 5.02 Å². The van der Waals surface area contributed by atoms with Crippen molar-refractivity contribution < 1.29 is 17.9 Å². The maximum absolute atomic E-state index is 12.4. The molecular formula is C18H20ClNO4S2. The van der Waals surface area contributed by atoms with E-state index in [2.05, 4.69) is 5.32 Å². The number of benzene rings is 2. The average molecular weight is 414 g/mol. The van der Waals surface area contributed by atoms with Gasteiger partial charge in [0.2, 0.25) is 5.91 Å². The maximum atomic E-state index is 12.4. The first-order chi connectivity index (χ1) is 12.2. The van der Waals surface area contributed by atoms with Crippen molar-refractivity contribution in [2.45, 2.75) is 17.1 Å². The quantitative estimate of drug-likeness (QED) is 0.665. The summed E-state index contributed by atoms with van der Waals surface area (Å²) >= 11 is 7.29. The molecule has 2 rings (SSSR count). The van der Waals surface area contributed by atoms with Gasteiger partial charge >= 0.3 is 0 Å². The van der Waals surface area contributed by atoms with Gasteiger partial charge in [-0.2, -0.15) is 0 Å². The zero-order valence-corrected chi connectivity index (χ0v) is 16.8. The molecule has 140 valence electrons. The molecule has 1 amide bonds. The van der Waals surface area contributed by atoms with Crippen LogP contribution in [0, 0.1) is 0 Å². The Morgan fingerprint density at radius 2 is 1.92 bits per heavy atom. The third-order valence-electron chi connectivity index (χ3n) is 3.32. The Kier molecular flexibility index (Phi) is 7.37. The maximum Gasteiger partial charge on any atom is 0.237 e. The molecule has 0 saturated carbocycles. The highest BCUT2D eigenvalue weighted by Gasteiger charge is 2.15. The van der Waals surface area contributed by atoms with E-state index < -0.39 is 9.84 Å². The van der Waals surface area contributed by atoms with Crippen LogP contribution in [-0.2, 0) is 14.6 Å². The largest absolute Gasteiger partial charge is 0.492 e. The average Bonchev–Trinajstić information content (AvgIpc) is 2.56. The van der Waals surface area contributed by atoms with Gasteiger partial charge in [-0.05, 0) is 43.3 Å². The van der Waals surface area contributed by atoms with E-state index in [-0.39, 0.29) is 23.5 Å². The zero-order valence-electron chi connectivity index (χ0n) is 14.4. The van der Waals surface area contributed by atoms with Crippen LogP contribution in [-0.4, -0.2) is 38.2 Å². The van der Waals surface area contributed by atoms with E-state index in [1.54, 1.807) is 36.4 Å². The lowest BCUT2D eigenvalue weighted by atomic mass is 10.3. The van der Waals surface area contributed by atoms with Gasteiger partial charge in [0.25, 0.3) is 0 Å². The number of carbonyl (C=O) groups is 1. The molecule has 5 nitrogen and oxygen atoms in total. The standard InChI is InChI=1S/C18H20ClNO4S2/c1-13(25-17-8-6-14(19)7-9-17)18(21)20-15-4-3-5-16(12-15)24-10-11-26(2,22)23/h3-9,12-13H,10-11H2,1-2H3,(H,20,21).